The van der Waals surface area contributed by atoms with Crippen LogP contribution >= 0.6 is 11.6 Å². The average Bonchev–Trinajstić information content (AvgIpc) is 2.39. The second-order valence-electron chi connectivity index (χ2n) is 3.86. The lowest BCUT2D eigenvalue weighted by atomic mass is 10.2. The number of amides is 1. The number of rotatable bonds is 5. The van der Waals surface area contributed by atoms with E-state index in [2.05, 4.69) is 0 Å². The molecule has 0 atom stereocenters. The van der Waals surface area contributed by atoms with E-state index in [0.29, 0.717) is 16.3 Å². The maximum atomic E-state index is 12.1. The van der Waals surface area contributed by atoms with Crippen molar-refractivity contribution in [1.82, 2.24) is 5.43 Å². The predicted molar refractivity (Wildman–Crippen MR) is 75.3 cm³/mol. The van der Waals surface area contributed by atoms with Crippen molar-refractivity contribution < 1.29 is 13.2 Å². The van der Waals surface area contributed by atoms with Crippen LogP contribution in [0.5, 0.6) is 0 Å². The van der Waals surface area contributed by atoms with Crippen LogP contribution in [0, 0.1) is 6.92 Å². The summed E-state index contributed by atoms with van der Waals surface area (Å²) in [5.41, 5.74) is 2.88. The van der Waals surface area contributed by atoms with Gasteiger partial charge in [-0.25, -0.2) is 14.3 Å². The van der Waals surface area contributed by atoms with Crippen molar-refractivity contribution in [3.63, 3.8) is 0 Å². The van der Waals surface area contributed by atoms with Gasteiger partial charge in [-0.2, -0.15) is 0 Å². The number of sulfonamides is 1. The zero-order valence-electron chi connectivity index (χ0n) is 10.7. The molecule has 0 aliphatic carbocycles. The molecule has 0 saturated carbocycles. The summed E-state index contributed by atoms with van der Waals surface area (Å²) < 4.78 is 25.2. The summed E-state index contributed by atoms with van der Waals surface area (Å²) in [5, 5.41) is 0.432. The van der Waals surface area contributed by atoms with Crippen molar-refractivity contribution in [3.05, 3.63) is 28.8 Å². The highest BCUT2D eigenvalue weighted by Gasteiger charge is 2.24. The number of nitrogens with one attached hydrogen (secondary N) is 1. The van der Waals surface area contributed by atoms with Gasteiger partial charge < -0.3 is 0 Å². The molecule has 0 radical (unpaired) electrons. The van der Waals surface area contributed by atoms with Gasteiger partial charge in [-0.1, -0.05) is 17.7 Å². The Labute approximate surface area is 117 Å². The van der Waals surface area contributed by atoms with Crippen LogP contribution in [0.4, 0.5) is 5.69 Å². The minimum absolute atomic E-state index is 0.128. The molecule has 6 nitrogen and oxygen atoms in total. The zero-order valence-corrected chi connectivity index (χ0v) is 12.3. The molecule has 1 aromatic rings. The first-order valence-corrected chi connectivity index (χ1v) is 7.57. The molecule has 3 N–H and O–H groups in total. The normalized spacial score (nSPS) is 11.2. The van der Waals surface area contributed by atoms with E-state index in [4.69, 9.17) is 17.4 Å². The summed E-state index contributed by atoms with van der Waals surface area (Å²) >= 11 is 5.97. The monoisotopic (exact) mass is 305 g/mol. The molecular weight excluding hydrogens is 290 g/mol. The highest BCUT2D eigenvalue weighted by atomic mass is 35.5. The molecule has 0 unspecified atom stereocenters. The second-order valence-corrected chi connectivity index (χ2v) is 6.45. The Kier molecular flexibility index (Phi) is 5.16. The Hall–Kier alpha value is -1.31. The molecule has 0 aromatic heterocycles. The molecule has 8 heteroatoms. The minimum atomic E-state index is -3.60. The van der Waals surface area contributed by atoms with E-state index < -0.39 is 15.9 Å². The molecule has 0 bridgehead atoms. The van der Waals surface area contributed by atoms with Crippen LogP contribution < -0.4 is 15.6 Å². The first-order valence-electron chi connectivity index (χ1n) is 5.58. The lowest BCUT2D eigenvalue weighted by Crippen LogP contribution is -2.44. The molecule has 0 heterocycles. The summed E-state index contributed by atoms with van der Waals surface area (Å²) in [6.07, 6.45) is 0. The predicted octanol–water partition coefficient (Wildman–Crippen LogP) is 0.794. The maximum absolute atomic E-state index is 12.1. The highest BCUT2D eigenvalue weighted by molar-refractivity contribution is 7.92. The van der Waals surface area contributed by atoms with E-state index in [0.717, 1.165) is 4.31 Å². The number of nitrogens with zero attached hydrogens (tertiary/aromatic N) is 1. The van der Waals surface area contributed by atoms with Gasteiger partial charge in [0.05, 0.1) is 11.4 Å². The van der Waals surface area contributed by atoms with Gasteiger partial charge in [0, 0.05) is 5.02 Å². The van der Waals surface area contributed by atoms with Crippen molar-refractivity contribution in [2.75, 3.05) is 16.6 Å². The van der Waals surface area contributed by atoms with Crippen molar-refractivity contribution in [2.24, 2.45) is 5.84 Å². The highest BCUT2D eigenvalue weighted by Crippen LogP contribution is 2.28. The number of hydrogen-bond acceptors (Lipinski definition) is 4. The third-order valence-electron chi connectivity index (χ3n) is 2.66. The maximum Gasteiger partial charge on any atom is 0.254 e. The van der Waals surface area contributed by atoms with Crippen LogP contribution in [0.2, 0.25) is 5.02 Å². The average molecular weight is 306 g/mol. The summed E-state index contributed by atoms with van der Waals surface area (Å²) in [6, 6.07) is 4.88. The molecular formula is C11H16ClN3O3S. The smallest absolute Gasteiger partial charge is 0.254 e. The second kappa shape index (κ2) is 6.23. The van der Waals surface area contributed by atoms with E-state index in [1.165, 1.54) is 6.92 Å². The number of hydrogen-bond donors (Lipinski definition) is 2. The largest absolute Gasteiger partial charge is 0.293 e. The van der Waals surface area contributed by atoms with Crippen LogP contribution in [-0.4, -0.2) is 26.6 Å². The first kappa shape index (κ1) is 15.7. The Bertz CT molecular complexity index is 575. The van der Waals surface area contributed by atoms with Crippen LogP contribution in [-0.2, 0) is 14.8 Å². The molecule has 1 aromatic carbocycles. The molecule has 1 rings (SSSR count). The quantitative estimate of drug-likeness (QED) is 0.478. The number of carbonyl (C=O) groups excluding carboxylic acids is 1. The van der Waals surface area contributed by atoms with Gasteiger partial charge in [0.15, 0.2) is 0 Å². The van der Waals surface area contributed by atoms with E-state index in [-0.39, 0.29) is 12.3 Å². The standard InChI is InChI=1S/C11H16ClN3O3S/c1-3-19(17,18)15(7-11(16)14-13)10-6-4-5-9(12)8(10)2/h4-6H,3,7,13H2,1-2H3,(H,14,16). The summed E-state index contributed by atoms with van der Waals surface area (Å²) in [6.45, 7) is 2.81. The summed E-state index contributed by atoms with van der Waals surface area (Å²) in [4.78, 5) is 11.4. The van der Waals surface area contributed by atoms with Gasteiger partial charge in [0.2, 0.25) is 10.0 Å². The molecule has 0 fully saturated rings. The lowest BCUT2D eigenvalue weighted by molar-refractivity contribution is -0.119. The summed E-state index contributed by atoms with van der Waals surface area (Å²) in [5.74, 6) is 4.28. The van der Waals surface area contributed by atoms with Crippen molar-refractivity contribution in [1.29, 1.82) is 0 Å². The number of nitrogens with two attached hydrogens (primary N) is 1. The number of carbonyl (C=O) groups is 1. The Balaban J connectivity index is 3.31. The van der Waals surface area contributed by atoms with Gasteiger partial charge in [-0.15, -0.1) is 0 Å². The van der Waals surface area contributed by atoms with Crippen molar-refractivity contribution >= 4 is 33.2 Å². The van der Waals surface area contributed by atoms with E-state index in [1.54, 1.807) is 25.1 Å². The van der Waals surface area contributed by atoms with Crippen molar-refractivity contribution in [3.8, 4) is 0 Å². The van der Waals surface area contributed by atoms with E-state index >= 15 is 0 Å². The van der Waals surface area contributed by atoms with Gasteiger partial charge in [0.1, 0.15) is 6.54 Å². The van der Waals surface area contributed by atoms with Gasteiger partial charge in [0.25, 0.3) is 5.91 Å². The Morgan fingerprint density at radius 2 is 2.11 bits per heavy atom. The van der Waals surface area contributed by atoms with Gasteiger partial charge >= 0.3 is 0 Å². The molecule has 0 spiro atoms. The SMILES string of the molecule is CCS(=O)(=O)N(CC(=O)NN)c1cccc(Cl)c1C. The Morgan fingerprint density at radius 3 is 2.63 bits per heavy atom. The zero-order chi connectivity index (χ0) is 14.6. The molecule has 1 amide bonds. The fourth-order valence-corrected chi connectivity index (χ4v) is 2.82. The number of halogens is 1. The minimum Gasteiger partial charge on any atom is -0.293 e. The fraction of sp³-hybridized carbons (Fsp3) is 0.364. The topological polar surface area (TPSA) is 92.5 Å². The van der Waals surface area contributed by atoms with Crippen LogP contribution in [0.25, 0.3) is 0 Å². The third kappa shape index (κ3) is 3.59. The number of hydrazine groups is 1. The molecule has 0 saturated heterocycles. The Morgan fingerprint density at radius 1 is 1.47 bits per heavy atom. The number of benzene rings is 1. The fourth-order valence-electron chi connectivity index (χ4n) is 1.53. The van der Waals surface area contributed by atoms with Crippen LogP contribution in [0.15, 0.2) is 18.2 Å². The molecule has 0 aliphatic heterocycles. The molecule has 19 heavy (non-hydrogen) atoms. The van der Waals surface area contributed by atoms with Gasteiger partial charge in [-0.3, -0.25) is 14.5 Å². The van der Waals surface area contributed by atoms with E-state index in [1.807, 2.05) is 5.43 Å². The van der Waals surface area contributed by atoms with Crippen molar-refractivity contribution in [2.45, 2.75) is 13.8 Å². The van der Waals surface area contributed by atoms with Crippen LogP contribution in [0.3, 0.4) is 0 Å². The lowest BCUT2D eigenvalue weighted by Gasteiger charge is -2.24. The summed E-state index contributed by atoms with van der Waals surface area (Å²) in [7, 11) is -3.60. The molecule has 106 valence electrons. The van der Waals surface area contributed by atoms with Crippen LogP contribution in [0.1, 0.15) is 12.5 Å². The third-order valence-corrected chi connectivity index (χ3v) is 4.79. The molecule has 0 aliphatic rings. The first-order chi connectivity index (χ1) is 8.83. The number of anilines is 1. The van der Waals surface area contributed by atoms with E-state index in [9.17, 15) is 13.2 Å². The van der Waals surface area contributed by atoms with Gasteiger partial charge in [-0.05, 0) is 31.5 Å².